The van der Waals surface area contributed by atoms with Gasteiger partial charge in [-0.3, -0.25) is 9.78 Å². The summed E-state index contributed by atoms with van der Waals surface area (Å²) in [5.74, 6) is -0.283. The van der Waals surface area contributed by atoms with Gasteiger partial charge in [-0.2, -0.15) is 5.26 Å². The Morgan fingerprint density at radius 1 is 1.42 bits per heavy atom. The number of nitrogens with one attached hydrogen (secondary N) is 1. The van der Waals surface area contributed by atoms with E-state index in [0.717, 1.165) is 10.9 Å². The van der Waals surface area contributed by atoms with Crippen LogP contribution in [0.5, 0.6) is 0 Å². The zero-order valence-corrected chi connectivity index (χ0v) is 11.0. The molecule has 0 aliphatic carbocycles. The van der Waals surface area contributed by atoms with Crippen molar-refractivity contribution in [2.45, 2.75) is 20.3 Å². The van der Waals surface area contributed by atoms with Crippen molar-refractivity contribution in [2.75, 3.05) is 5.32 Å². The summed E-state index contributed by atoms with van der Waals surface area (Å²) in [7, 11) is 0. The average Bonchev–Trinajstić information content (AvgIpc) is 2.46. The Labute approximate surface area is 112 Å². The van der Waals surface area contributed by atoms with Crippen molar-refractivity contribution in [1.82, 2.24) is 4.98 Å². The Hall–Kier alpha value is -2.41. The third kappa shape index (κ3) is 2.41. The van der Waals surface area contributed by atoms with Gasteiger partial charge in [0.1, 0.15) is 5.41 Å². The third-order valence-electron chi connectivity index (χ3n) is 3.35. The molecule has 4 nitrogen and oxygen atoms in total. The Bertz CT molecular complexity index is 654. The summed E-state index contributed by atoms with van der Waals surface area (Å²) in [6.45, 7) is 3.47. The molecule has 1 N–H and O–H groups in total. The smallest absolute Gasteiger partial charge is 0.244 e. The molecule has 1 amide bonds. The first kappa shape index (κ1) is 13.0. The minimum atomic E-state index is -1.01. The molecule has 1 atom stereocenters. The molecule has 0 aliphatic rings. The number of benzene rings is 1. The molecule has 0 saturated heterocycles. The van der Waals surface area contributed by atoms with Crippen LogP contribution in [-0.4, -0.2) is 10.9 Å². The van der Waals surface area contributed by atoms with Crippen LogP contribution in [0.3, 0.4) is 0 Å². The number of carbonyl (C=O) groups excluding carboxylic acids is 1. The molecular formula is C15H15N3O. The van der Waals surface area contributed by atoms with Gasteiger partial charge in [-0.15, -0.1) is 0 Å². The molecule has 1 heterocycles. The number of amides is 1. The SMILES string of the molecule is CCC(C)(C#N)C(=O)Nc1cccc2ncccc12. The number of nitrogens with zero attached hydrogens (tertiary/aromatic N) is 2. The molecule has 0 fully saturated rings. The third-order valence-corrected chi connectivity index (χ3v) is 3.35. The lowest BCUT2D eigenvalue weighted by Crippen LogP contribution is -2.31. The van der Waals surface area contributed by atoms with Crippen molar-refractivity contribution in [2.24, 2.45) is 5.41 Å². The van der Waals surface area contributed by atoms with Crippen LogP contribution >= 0.6 is 0 Å². The predicted octanol–water partition coefficient (Wildman–Crippen LogP) is 3.11. The van der Waals surface area contributed by atoms with Crippen LogP contribution in [0.2, 0.25) is 0 Å². The Morgan fingerprint density at radius 3 is 2.89 bits per heavy atom. The van der Waals surface area contributed by atoms with Crippen LogP contribution in [0.25, 0.3) is 10.9 Å². The molecular weight excluding hydrogens is 238 g/mol. The number of nitriles is 1. The van der Waals surface area contributed by atoms with Crippen molar-refractivity contribution in [3.8, 4) is 6.07 Å². The fourth-order valence-electron chi connectivity index (χ4n) is 1.76. The Kier molecular flexibility index (Phi) is 3.48. The van der Waals surface area contributed by atoms with Crippen LogP contribution in [0.15, 0.2) is 36.5 Å². The van der Waals surface area contributed by atoms with Crippen LogP contribution < -0.4 is 5.32 Å². The quantitative estimate of drug-likeness (QED) is 0.913. The standard InChI is InChI=1S/C15H15N3O/c1-3-15(2,10-16)14(19)18-13-8-4-7-12-11(13)6-5-9-17-12/h4-9H,3H2,1-2H3,(H,18,19). The van der Waals surface area contributed by atoms with Gasteiger partial charge in [0.05, 0.1) is 17.3 Å². The first-order valence-corrected chi connectivity index (χ1v) is 6.17. The maximum atomic E-state index is 12.2. The summed E-state index contributed by atoms with van der Waals surface area (Å²) in [5.41, 5.74) is 0.491. The molecule has 0 bridgehead atoms. The van der Waals surface area contributed by atoms with Crippen LogP contribution in [0.1, 0.15) is 20.3 Å². The number of hydrogen-bond donors (Lipinski definition) is 1. The fourth-order valence-corrected chi connectivity index (χ4v) is 1.76. The topological polar surface area (TPSA) is 65.8 Å². The molecule has 96 valence electrons. The van der Waals surface area contributed by atoms with Gasteiger partial charge in [-0.1, -0.05) is 13.0 Å². The van der Waals surface area contributed by atoms with E-state index in [9.17, 15) is 4.79 Å². The molecule has 4 heteroatoms. The molecule has 2 rings (SSSR count). The highest BCUT2D eigenvalue weighted by atomic mass is 16.2. The summed E-state index contributed by atoms with van der Waals surface area (Å²) in [6, 6.07) is 11.3. The van der Waals surface area contributed by atoms with Gasteiger partial charge < -0.3 is 5.32 Å². The van der Waals surface area contributed by atoms with E-state index in [1.807, 2.05) is 37.3 Å². The molecule has 0 radical (unpaired) electrons. The van der Waals surface area contributed by atoms with E-state index < -0.39 is 5.41 Å². The van der Waals surface area contributed by atoms with Gasteiger partial charge >= 0.3 is 0 Å². The minimum Gasteiger partial charge on any atom is -0.324 e. The first-order valence-electron chi connectivity index (χ1n) is 6.17. The average molecular weight is 253 g/mol. The fraction of sp³-hybridized carbons (Fsp3) is 0.267. The van der Waals surface area contributed by atoms with Gasteiger partial charge in [0.2, 0.25) is 5.91 Å². The summed E-state index contributed by atoms with van der Waals surface area (Å²) in [6.07, 6.45) is 2.18. The van der Waals surface area contributed by atoms with E-state index in [1.54, 1.807) is 13.1 Å². The van der Waals surface area contributed by atoms with Crippen LogP contribution in [0.4, 0.5) is 5.69 Å². The van der Waals surface area contributed by atoms with Gasteiger partial charge in [0.25, 0.3) is 0 Å². The van der Waals surface area contributed by atoms with E-state index in [0.29, 0.717) is 12.1 Å². The number of anilines is 1. The van der Waals surface area contributed by atoms with Gasteiger partial charge in [-0.25, -0.2) is 0 Å². The largest absolute Gasteiger partial charge is 0.324 e. The molecule has 1 unspecified atom stereocenters. The maximum Gasteiger partial charge on any atom is 0.244 e. The normalized spacial score (nSPS) is 13.5. The molecule has 2 aromatic rings. The Balaban J connectivity index is 2.38. The predicted molar refractivity (Wildman–Crippen MR) is 74.4 cm³/mol. The molecule has 0 spiro atoms. The number of pyridine rings is 1. The number of fused-ring (bicyclic) bond motifs is 1. The van der Waals surface area contributed by atoms with Crippen molar-refractivity contribution >= 4 is 22.5 Å². The van der Waals surface area contributed by atoms with E-state index in [1.165, 1.54) is 0 Å². The van der Waals surface area contributed by atoms with Crippen molar-refractivity contribution in [3.05, 3.63) is 36.5 Å². The monoisotopic (exact) mass is 253 g/mol. The second-order valence-electron chi connectivity index (χ2n) is 4.63. The Morgan fingerprint density at radius 2 is 2.21 bits per heavy atom. The molecule has 1 aromatic heterocycles. The highest BCUT2D eigenvalue weighted by Crippen LogP contribution is 2.26. The van der Waals surface area contributed by atoms with Crippen molar-refractivity contribution < 1.29 is 4.79 Å². The second kappa shape index (κ2) is 5.07. The number of carbonyl (C=O) groups is 1. The lowest BCUT2D eigenvalue weighted by molar-refractivity contribution is -0.122. The van der Waals surface area contributed by atoms with E-state index in [4.69, 9.17) is 5.26 Å². The van der Waals surface area contributed by atoms with E-state index in [2.05, 4.69) is 16.4 Å². The number of hydrogen-bond acceptors (Lipinski definition) is 3. The van der Waals surface area contributed by atoms with Gasteiger partial charge in [0, 0.05) is 11.6 Å². The van der Waals surface area contributed by atoms with Crippen molar-refractivity contribution in [3.63, 3.8) is 0 Å². The molecule has 1 aromatic carbocycles. The van der Waals surface area contributed by atoms with E-state index in [-0.39, 0.29) is 5.91 Å². The molecule has 0 aliphatic heterocycles. The van der Waals surface area contributed by atoms with E-state index >= 15 is 0 Å². The zero-order valence-electron chi connectivity index (χ0n) is 11.0. The highest BCUT2D eigenvalue weighted by Gasteiger charge is 2.31. The highest BCUT2D eigenvalue weighted by molar-refractivity contribution is 6.03. The van der Waals surface area contributed by atoms with Gasteiger partial charge in [0.15, 0.2) is 0 Å². The summed E-state index contributed by atoms with van der Waals surface area (Å²) >= 11 is 0. The van der Waals surface area contributed by atoms with Crippen LogP contribution in [-0.2, 0) is 4.79 Å². The molecule has 19 heavy (non-hydrogen) atoms. The summed E-state index contributed by atoms with van der Waals surface area (Å²) in [5, 5.41) is 12.8. The number of aromatic nitrogens is 1. The lowest BCUT2D eigenvalue weighted by atomic mass is 9.88. The maximum absolute atomic E-state index is 12.2. The molecule has 0 saturated carbocycles. The van der Waals surface area contributed by atoms with Crippen molar-refractivity contribution in [1.29, 1.82) is 5.26 Å². The summed E-state index contributed by atoms with van der Waals surface area (Å²) < 4.78 is 0. The number of rotatable bonds is 3. The minimum absolute atomic E-state index is 0.283. The van der Waals surface area contributed by atoms with Gasteiger partial charge in [-0.05, 0) is 37.6 Å². The zero-order chi connectivity index (χ0) is 13.9. The second-order valence-corrected chi connectivity index (χ2v) is 4.63. The first-order chi connectivity index (χ1) is 9.10. The lowest BCUT2D eigenvalue weighted by Gasteiger charge is -2.19. The summed E-state index contributed by atoms with van der Waals surface area (Å²) in [4.78, 5) is 16.4. The van der Waals surface area contributed by atoms with Crippen LogP contribution in [0, 0.1) is 16.7 Å².